The molecule has 0 aromatic heterocycles. The van der Waals surface area contributed by atoms with Crippen molar-refractivity contribution >= 4 is 5.91 Å². The summed E-state index contributed by atoms with van der Waals surface area (Å²) in [6.07, 6.45) is 7.05. The molecular weight excluding hydrogens is 186 g/mol. The molecule has 1 aromatic carbocycles. The second kappa shape index (κ2) is 4.18. The first kappa shape index (κ1) is 9.79. The van der Waals surface area contributed by atoms with E-state index in [1.54, 1.807) is 4.90 Å². The van der Waals surface area contributed by atoms with Crippen LogP contribution in [0, 0.1) is 12.3 Å². The molecule has 0 bridgehead atoms. The molecule has 2 nitrogen and oxygen atoms in total. The molecule has 0 N–H and O–H groups in total. The lowest BCUT2D eigenvalue weighted by atomic mass is 10.1. The minimum absolute atomic E-state index is 0.168. The fraction of sp³-hybridized carbons (Fsp3) is 0.308. The van der Waals surface area contributed by atoms with Crippen molar-refractivity contribution in [3.63, 3.8) is 0 Å². The summed E-state index contributed by atoms with van der Waals surface area (Å²) in [5, 5.41) is 0. The molecule has 0 radical (unpaired) electrons. The molecule has 0 spiro atoms. The van der Waals surface area contributed by atoms with Crippen molar-refractivity contribution in [1.29, 1.82) is 0 Å². The maximum atomic E-state index is 11.6. The quantitative estimate of drug-likeness (QED) is 0.667. The fourth-order valence-corrected chi connectivity index (χ4v) is 1.94. The van der Waals surface area contributed by atoms with E-state index in [2.05, 4.69) is 5.92 Å². The summed E-state index contributed by atoms with van der Waals surface area (Å²) in [6, 6.07) is 9.58. The number of hydrogen-bond donors (Lipinski definition) is 0. The standard InChI is InChI=1S/C13H13NO/c1-2-12(11-7-4-3-5-8-11)14-10-6-9-13(14)15/h1,3-5,7-8,12H,6,9-10H2/t12-/m1/s1. The molecule has 0 unspecified atom stereocenters. The van der Waals surface area contributed by atoms with Gasteiger partial charge in [0.2, 0.25) is 5.91 Å². The summed E-state index contributed by atoms with van der Waals surface area (Å²) in [7, 11) is 0. The number of terminal acetylenes is 1. The lowest BCUT2D eigenvalue weighted by molar-refractivity contribution is -0.128. The van der Waals surface area contributed by atoms with E-state index in [-0.39, 0.29) is 11.9 Å². The van der Waals surface area contributed by atoms with Gasteiger partial charge in [0.25, 0.3) is 0 Å². The van der Waals surface area contributed by atoms with Gasteiger partial charge in [-0.3, -0.25) is 4.79 Å². The Morgan fingerprint density at radius 2 is 2.07 bits per heavy atom. The first-order chi connectivity index (χ1) is 7.33. The normalized spacial score (nSPS) is 17.5. The summed E-state index contributed by atoms with van der Waals surface area (Å²) < 4.78 is 0. The molecule has 76 valence electrons. The molecule has 15 heavy (non-hydrogen) atoms. The van der Waals surface area contributed by atoms with E-state index in [9.17, 15) is 4.79 Å². The van der Waals surface area contributed by atoms with Gasteiger partial charge in [0.15, 0.2) is 0 Å². The molecular formula is C13H13NO. The van der Waals surface area contributed by atoms with Gasteiger partial charge < -0.3 is 4.90 Å². The zero-order valence-corrected chi connectivity index (χ0v) is 8.52. The highest BCUT2D eigenvalue weighted by Gasteiger charge is 2.27. The van der Waals surface area contributed by atoms with E-state index < -0.39 is 0 Å². The van der Waals surface area contributed by atoms with Crippen molar-refractivity contribution in [2.24, 2.45) is 0 Å². The van der Waals surface area contributed by atoms with Crippen LogP contribution in [0.2, 0.25) is 0 Å². The molecule has 2 rings (SSSR count). The van der Waals surface area contributed by atoms with Gasteiger partial charge in [-0.2, -0.15) is 0 Å². The van der Waals surface area contributed by atoms with Crippen molar-refractivity contribution in [2.45, 2.75) is 18.9 Å². The minimum atomic E-state index is -0.193. The summed E-state index contributed by atoms with van der Waals surface area (Å²) in [4.78, 5) is 13.4. The minimum Gasteiger partial charge on any atom is -0.325 e. The Morgan fingerprint density at radius 3 is 2.60 bits per heavy atom. The number of carbonyl (C=O) groups excluding carboxylic acids is 1. The summed E-state index contributed by atoms with van der Waals surface area (Å²) >= 11 is 0. The number of likely N-dealkylation sites (tertiary alicyclic amines) is 1. The molecule has 1 aliphatic heterocycles. The van der Waals surface area contributed by atoms with Crippen LogP contribution >= 0.6 is 0 Å². The number of carbonyl (C=O) groups is 1. The Morgan fingerprint density at radius 1 is 1.33 bits per heavy atom. The highest BCUT2D eigenvalue weighted by atomic mass is 16.2. The number of rotatable bonds is 2. The first-order valence-electron chi connectivity index (χ1n) is 5.13. The van der Waals surface area contributed by atoms with Gasteiger partial charge in [-0.15, -0.1) is 6.42 Å². The van der Waals surface area contributed by atoms with Gasteiger partial charge in [-0.1, -0.05) is 36.3 Å². The van der Waals surface area contributed by atoms with Gasteiger partial charge in [-0.05, 0) is 12.0 Å². The number of nitrogens with zero attached hydrogens (tertiary/aromatic N) is 1. The van der Waals surface area contributed by atoms with E-state index in [0.29, 0.717) is 6.42 Å². The zero-order valence-electron chi connectivity index (χ0n) is 8.52. The fourth-order valence-electron chi connectivity index (χ4n) is 1.94. The number of hydrogen-bond acceptors (Lipinski definition) is 1. The van der Waals surface area contributed by atoms with Crippen LogP contribution < -0.4 is 0 Å². The number of benzene rings is 1. The van der Waals surface area contributed by atoms with Crippen molar-refractivity contribution < 1.29 is 4.79 Å². The van der Waals surface area contributed by atoms with E-state index in [1.807, 2.05) is 30.3 Å². The summed E-state index contributed by atoms with van der Waals surface area (Å²) in [5.41, 5.74) is 1.02. The van der Waals surface area contributed by atoms with Crippen molar-refractivity contribution in [3.05, 3.63) is 35.9 Å². The summed E-state index contributed by atoms with van der Waals surface area (Å²) in [5.74, 6) is 2.86. The van der Waals surface area contributed by atoms with Crippen LogP contribution in [0.25, 0.3) is 0 Å². The molecule has 1 aliphatic rings. The SMILES string of the molecule is C#C[C@H](c1ccccc1)N1CCCC1=O. The largest absolute Gasteiger partial charge is 0.325 e. The Balaban J connectivity index is 2.26. The molecule has 0 aliphatic carbocycles. The second-order valence-electron chi connectivity index (χ2n) is 3.67. The van der Waals surface area contributed by atoms with Crippen LogP contribution in [0.4, 0.5) is 0 Å². The van der Waals surface area contributed by atoms with E-state index in [1.165, 1.54) is 0 Å². The van der Waals surface area contributed by atoms with Crippen molar-refractivity contribution in [1.82, 2.24) is 4.90 Å². The van der Waals surface area contributed by atoms with Crippen LogP contribution in [-0.2, 0) is 4.79 Å². The highest BCUT2D eigenvalue weighted by Crippen LogP contribution is 2.24. The third-order valence-electron chi connectivity index (χ3n) is 2.69. The van der Waals surface area contributed by atoms with E-state index in [4.69, 9.17) is 6.42 Å². The predicted octanol–water partition coefficient (Wildman–Crippen LogP) is 1.98. The molecule has 1 saturated heterocycles. The van der Waals surface area contributed by atoms with Crippen LogP contribution in [-0.4, -0.2) is 17.4 Å². The van der Waals surface area contributed by atoms with E-state index >= 15 is 0 Å². The average molecular weight is 199 g/mol. The van der Waals surface area contributed by atoms with Crippen LogP contribution in [0.5, 0.6) is 0 Å². The molecule has 0 saturated carbocycles. The smallest absolute Gasteiger partial charge is 0.223 e. The highest BCUT2D eigenvalue weighted by molar-refractivity contribution is 5.79. The first-order valence-corrected chi connectivity index (χ1v) is 5.13. The lowest BCUT2D eigenvalue weighted by Gasteiger charge is -2.23. The van der Waals surface area contributed by atoms with Gasteiger partial charge in [0.05, 0.1) is 0 Å². The van der Waals surface area contributed by atoms with Gasteiger partial charge in [-0.25, -0.2) is 0 Å². The van der Waals surface area contributed by atoms with E-state index in [0.717, 1.165) is 18.5 Å². The average Bonchev–Trinajstić information content (AvgIpc) is 2.68. The molecule has 1 amide bonds. The monoisotopic (exact) mass is 199 g/mol. The molecule has 1 aromatic rings. The maximum Gasteiger partial charge on any atom is 0.223 e. The van der Waals surface area contributed by atoms with Crippen molar-refractivity contribution in [2.75, 3.05) is 6.54 Å². The Labute approximate surface area is 89.9 Å². The molecule has 1 heterocycles. The Kier molecular flexibility index (Phi) is 2.73. The van der Waals surface area contributed by atoms with Crippen LogP contribution in [0.1, 0.15) is 24.4 Å². The van der Waals surface area contributed by atoms with Gasteiger partial charge >= 0.3 is 0 Å². The Hall–Kier alpha value is -1.75. The zero-order chi connectivity index (χ0) is 10.7. The molecule has 1 fully saturated rings. The Bertz CT molecular complexity index is 391. The molecule has 2 heteroatoms. The third-order valence-corrected chi connectivity index (χ3v) is 2.69. The lowest BCUT2D eigenvalue weighted by Crippen LogP contribution is -2.28. The second-order valence-corrected chi connectivity index (χ2v) is 3.67. The van der Waals surface area contributed by atoms with Crippen LogP contribution in [0.15, 0.2) is 30.3 Å². The van der Waals surface area contributed by atoms with Gasteiger partial charge in [0, 0.05) is 13.0 Å². The van der Waals surface area contributed by atoms with Crippen LogP contribution in [0.3, 0.4) is 0 Å². The topological polar surface area (TPSA) is 20.3 Å². The molecule has 1 atom stereocenters. The predicted molar refractivity (Wildman–Crippen MR) is 59.0 cm³/mol. The maximum absolute atomic E-state index is 11.6. The third kappa shape index (κ3) is 1.87. The number of amides is 1. The van der Waals surface area contributed by atoms with Crippen molar-refractivity contribution in [3.8, 4) is 12.3 Å². The van der Waals surface area contributed by atoms with Gasteiger partial charge in [0.1, 0.15) is 6.04 Å². The summed E-state index contributed by atoms with van der Waals surface area (Å²) in [6.45, 7) is 0.780.